The molecule has 0 unspecified atom stereocenters. The van der Waals surface area contributed by atoms with E-state index in [2.05, 4.69) is 11.6 Å². The second kappa shape index (κ2) is 6.32. The maximum Gasteiger partial charge on any atom is 0.341 e. The number of esters is 1. The van der Waals surface area contributed by atoms with Gasteiger partial charge in [-0.05, 0) is 24.6 Å². The van der Waals surface area contributed by atoms with Crippen molar-refractivity contribution in [1.82, 2.24) is 0 Å². The molecule has 0 spiro atoms. The normalized spacial score (nSPS) is 20.5. The first-order chi connectivity index (χ1) is 12.0. The molecule has 6 nitrogen and oxygen atoms in total. The zero-order valence-corrected chi connectivity index (χ0v) is 13.6. The van der Waals surface area contributed by atoms with Crippen LogP contribution in [-0.2, 0) is 9.53 Å². The van der Waals surface area contributed by atoms with E-state index >= 15 is 0 Å². The van der Waals surface area contributed by atoms with Crippen molar-refractivity contribution in [3.8, 4) is 0 Å². The van der Waals surface area contributed by atoms with E-state index in [1.54, 1.807) is 25.1 Å². The number of nitro groups is 1. The van der Waals surface area contributed by atoms with Crippen molar-refractivity contribution < 1.29 is 14.5 Å². The fourth-order valence-electron chi connectivity index (χ4n) is 2.86. The number of non-ortho nitro benzene ring substituents is 1. The van der Waals surface area contributed by atoms with Crippen LogP contribution in [0.15, 0.2) is 72.2 Å². The molecule has 2 atom stereocenters. The molecule has 2 aromatic carbocycles. The van der Waals surface area contributed by atoms with E-state index in [9.17, 15) is 14.9 Å². The van der Waals surface area contributed by atoms with Crippen molar-refractivity contribution in [2.24, 2.45) is 4.99 Å². The molecule has 0 amide bonds. The van der Waals surface area contributed by atoms with E-state index in [-0.39, 0.29) is 11.6 Å². The van der Waals surface area contributed by atoms with Gasteiger partial charge in [-0.25, -0.2) is 9.79 Å². The minimum absolute atomic E-state index is 0.0146. The third kappa shape index (κ3) is 2.94. The van der Waals surface area contributed by atoms with Crippen LogP contribution in [0.5, 0.6) is 0 Å². The summed E-state index contributed by atoms with van der Waals surface area (Å²) in [5.41, 5.74) is 0.228. The lowest BCUT2D eigenvalue weighted by Gasteiger charge is -2.25. The lowest BCUT2D eigenvalue weighted by Crippen LogP contribution is -2.36. The maximum atomic E-state index is 12.5. The van der Waals surface area contributed by atoms with E-state index in [1.807, 2.05) is 30.3 Å². The van der Waals surface area contributed by atoms with E-state index in [4.69, 9.17) is 4.74 Å². The number of aliphatic imine (C=N–C) groups is 1. The fraction of sp³-hybridized carbons (Fsp3) is 0.158. The summed E-state index contributed by atoms with van der Waals surface area (Å²) in [5, 5.41) is 10.8. The van der Waals surface area contributed by atoms with Gasteiger partial charge in [0, 0.05) is 23.6 Å². The van der Waals surface area contributed by atoms with Gasteiger partial charge < -0.3 is 4.74 Å². The first-order valence-electron chi connectivity index (χ1n) is 7.70. The Morgan fingerprint density at radius 1 is 1.20 bits per heavy atom. The van der Waals surface area contributed by atoms with Gasteiger partial charge in [-0.1, -0.05) is 36.4 Å². The number of cyclic esters (lactones) is 1. The third-order valence-electron chi connectivity index (χ3n) is 4.26. The van der Waals surface area contributed by atoms with Crippen LogP contribution >= 0.6 is 0 Å². The molecular weight excluding hydrogens is 320 g/mol. The third-order valence-corrected chi connectivity index (χ3v) is 4.26. The summed E-state index contributed by atoms with van der Waals surface area (Å²) in [7, 11) is 0. The van der Waals surface area contributed by atoms with E-state index in [0.717, 1.165) is 0 Å². The second-order valence-corrected chi connectivity index (χ2v) is 5.88. The Hall–Kier alpha value is -3.28. The van der Waals surface area contributed by atoms with Gasteiger partial charge in [0.05, 0.1) is 4.92 Å². The Morgan fingerprint density at radius 3 is 2.40 bits per heavy atom. The number of benzene rings is 2. The number of nitro benzene ring substituents is 1. The molecule has 1 aliphatic rings. The summed E-state index contributed by atoms with van der Waals surface area (Å²) in [5.74, 6) is -0.682. The summed E-state index contributed by atoms with van der Waals surface area (Å²) in [6.45, 7) is 5.49. The van der Waals surface area contributed by atoms with E-state index in [0.29, 0.717) is 11.1 Å². The molecule has 1 aliphatic heterocycles. The smallest absolute Gasteiger partial charge is 0.341 e. The lowest BCUT2D eigenvalue weighted by atomic mass is 9.81. The van der Waals surface area contributed by atoms with Crippen LogP contribution in [0, 0.1) is 10.1 Å². The Kier molecular flexibility index (Phi) is 4.19. The average molecular weight is 336 g/mol. The topological polar surface area (TPSA) is 81.8 Å². The van der Waals surface area contributed by atoms with Gasteiger partial charge in [-0.3, -0.25) is 10.1 Å². The highest BCUT2D eigenvalue weighted by atomic mass is 16.6. The van der Waals surface area contributed by atoms with Crippen molar-refractivity contribution in [2.75, 3.05) is 0 Å². The molecule has 25 heavy (non-hydrogen) atoms. The molecule has 2 aromatic rings. The Morgan fingerprint density at radius 2 is 1.84 bits per heavy atom. The quantitative estimate of drug-likeness (QED) is 0.361. The van der Waals surface area contributed by atoms with Gasteiger partial charge in [0.15, 0.2) is 5.54 Å². The van der Waals surface area contributed by atoms with Crippen molar-refractivity contribution in [3.63, 3.8) is 0 Å². The molecule has 0 aliphatic carbocycles. The molecule has 0 bridgehead atoms. The molecule has 126 valence electrons. The standard InChI is InChI=1S/C19H16N2O4/c1-3-16(13-9-11-15(12-10-13)21(23)24)19(2)18(22)25-17(20-19)14-7-5-4-6-8-14/h3-12,16H,1H2,2H3/t16-,19+/m1/s1. The monoisotopic (exact) mass is 336 g/mol. The Bertz CT molecular complexity index is 859. The highest BCUT2D eigenvalue weighted by Gasteiger charge is 2.47. The highest BCUT2D eigenvalue weighted by Crippen LogP contribution is 2.38. The molecule has 0 fully saturated rings. The van der Waals surface area contributed by atoms with Gasteiger partial charge in [0.2, 0.25) is 5.90 Å². The fourth-order valence-corrected chi connectivity index (χ4v) is 2.86. The number of hydrogen-bond acceptors (Lipinski definition) is 5. The number of carbonyl (C=O) groups is 1. The zero-order chi connectivity index (χ0) is 18.0. The van der Waals surface area contributed by atoms with Gasteiger partial charge in [-0.2, -0.15) is 0 Å². The van der Waals surface area contributed by atoms with Crippen molar-refractivity contribution in [2.45, 2.75) is 18.4 Å². The SMILES string of the molecule is C=C[C@H](c1ccc([N+](=O)[O-])cc1)[C@]1(C)N=C(c2ccccc2)OC1=O. The molecule has 6 heteroatoms. The summed E-state index contributed by atoms with van der Waals surface area (Å²) >= 11 is 0. The van der Waals surface area contributed by atoms with Gasteiger partial charge in [-0.15, -0.1) is 6.58 Å². The number of nitrogens with zero attached hydrogens (tertiary/aromatic N) is 2. The number of carbonyl (C=O) groups excluding carboxylic acids is 1. The summed E-state index contributed by atoms with van der Waals surface area (Å²) in [4.78, 5) is 27.4. The maximum absolute atomic E-state index is 12.5. The lowest BCUT2D eigenvalue weighted by molar-refractivity contribution is -0.384. The average Bonchev–Trinajstić information content (AvgIpc) is 2.92. The summed E-state index contributed by atoms with van der Waals surface area (Å²) < 4.78 is 5.38. The molecule has 0 N–H and O–H groups in total. The van der Waals surface area contributed by atoms with Crippen LogP contribution in [0.4, 0.5) is 5.69 Å². The minimum Gasteiger partial charge on any atom is -0.405 e. The largest absolute Gasteiger partial charge is 0.405 e. The van der Waals surface area contributed by atoms with Crippen molar-refractivity contribution in [1.29, 1.82) is 0 Å². The predicted octanol–water partition coefficient (Wildman–Crippen LogP) is 3.63. The van der Waals surface area contributed by atoms with Crippen LogP contribution in [0.3, 0.4) is 0 Å². The molecule has 0 saturated heterocycles. The van der Waals surface area contributed by atoms with Crippen LogP contribution in [-0.4, -0.2) is 22.3 Å². The molecule has 0 saturated carbocycles. The van der Waals surface area contributed by atoms with Crippen LogP contribution in [0.2, 0.25) is 0 Å². The highest BCUT2D eigenvalue weighted by molar-refractivity contribution is 6.08. The first kappa shape index (κ1) is 16.6. The Labute approximate surface area is 144 Å². The number of ether oxygens (including phenoxy) is 1. The Balaban J connectivity index is 1.99. The molecular formula is C19H16N2O4. The summed E-state index contributed by atoms with van der Waals surface area (Å²) in [6, 6.07) is 15.2. The van der Waals surface area contributed by atoms with Gasteiger partial charge >= 0.3 is 5.97 Å². The molecule has 1 heterocycles. The van der Waals surface area contributed by atoms with Gasteiger partial charge in [0.1, 0.15) is 0 Å². The number of hydrogen-bond donors (Lipinski definition) is 0. The van der Waals surface area contributed by atoms with Crippen molar-refractivity contribution >= 4 is 17.6 Å². The number of rotatable bonds is 5. The van der Waals surface area contributed by atoms with E-state index in [1.165, 1.54) is 12.1 Å². The van der Waals surface area contributed by atoms with Gasteiger partial charge in [0.25, 0.3) is 5.69 Å². The second-order valence-electron chi connectivity index (χ2n) is 5.88. The first-order valence-corrected chi connectivity index (χ1v) is 7.70. The molecule has 3 rings (SSSR count). The molecule has 0 radical (unpaired) electrons. The predicted molar refractivity (Wildman–Crippen MR) is 93.5 cm³/mol. The molecule has 0 aromatic heterocycles. The zero-order valence-electron chi connectivity index (χ0n) is 13.6. The van der Waals surface area contributed by atoms with Crippen molar-refractivity contribution in [3.05, 3.63) is 88.5 Å². The minimum atomic E-state index is -1.18. The summed E-state index contributed by atoms with van der Waals surface area (Å²) in [6.07, 6.45) is 1.61. The van der Waals surface area contributed by atoms with E-state index < -0.39 is 22.3 Å². The van der Waals surface area contributed by atoms with Crippen LogP contribution in [0.25, 0.3) is 0 Å². The van der Waals surface area contributed by atoms with Crippen LogP contribution < -0.4 is 0 Å². The van der Waals surface area contributed by atoms with Crippen LogP contribution in [0.1, 0.15) is 24.0 Å².